The summed E-state index contributed by atoms with van der Waals surface area (Å²) >= 11 is -5.12. The van der Waals surface area contributed by atoms with Gasteiger partial charge in [-0.25, -0.2) is 4.79 Å². The molecule has 11 heteroatoms. The third-order valence-electron chi connectivity index (χ3n) is 0. The molecule has 7 nitrogen and oxygen atoms in total. The van der Waals surface area contributed by atoms with Gasteiger partial charge in [0, 0.05) is 33.3 Å². The Labute approximate surface area is 104 Å². The van der Waals surface area contributed by atoms with Crippen molar-refractivity contribution in [2.24, 2.45) is 0 Å². The zero-order valence-corrected chi connectivity index (χ0v) is 8.75. The van der Waals surface area contributed by atoms with Gasteiger partial charge in [-0.3, -0.25) is 0 Å². The third kappa shape index (κ3) is 1300. The van der Waals surface area contributed by atoms with Crippen molar-refractivity contribution < 1.29 is 98.0 Å². The van der Waals surface area contributed by atoms with Crippen LogP contribution in [-0.4, -0.2) is 24.7 Å². The summed E-state index contributed by atoms with van der Waals surface area (Å²) in [7, 11) is 0. The van der Waals surface area contributed by atoms with Gasteiger partial charge < -0.3 is 11.6 Å². The quantitative estimate of drug-likeness (QED) is 0.335. The van der Waals surface area contributed by atoms with Crippen molar-refractivity contribution in [2.75, 3.05) is 0 Å². The summed E-state index contributed by atoms with van der Waals surface area (Å²) in [6.45, 7) is 0. The minimum absolute atomic E-state index is 0. The van der Waals surface area contributed by atoms with E-state index in [2.05, 4.69) is 0 Å². The first kappa shape index (κ1) is 29.3. The summed E-state index contributed by atoms with van der Waals surface area (Å²) in [5, 5.41) is 13.9. The monoisotopic (exact) mass is 308 g/mol. The van der Waals surface area contributed by atoms with Gasteiger partial charge in [0.1, 0.15) is 0 Å². The van der Waals surface area contributed by atoms with E-state index in [-0.39, 0.29) is 53.6 Å². The first-order valence-corrected chi connectivity index (χ1v) is 3.32. The molecule has 0 amide bonds. The molecule has 0 aliphatic carbocycles. The molecule has 0 saturated carbocycles. The average molecular weight is 309 g/mol. The standard InChI is InChI=1S/CH2O3.Co.Li.Mn.Ni.2H2O.2O.H/c2-1(3)4;;;;;;;;;/h(H2,2,3,4);;;;;2*1H2;;;/q;;+1;+2;;;;;;-1/p-2. The molecule has 0 fully saturated rings. The van der Waals surface area contributed by atoms with Gasteiger partial charge in [-0.1, -0.05) is 0 Å². The van der Waals surface area contributed by atoms with Crippen molar-refractivity contribution in [3.63, 3.8) is 0 Å². The van der Waals surface area contributed by atoms with E-state index in [4.69, 9.17) is 31.1 Å². The van der Waals surface area contributed by atoms with E-state index in [1.165, 1.54) is 0 Å². The predicted molar refractivity (Wildman–Crippen MR) is 17.6 cm³/mol. The fourth-order valence-electron chi connectivity index (χ4n) is 0. The summed E-state index contributed by atoms with van der Waals surface area (Å²) in [4.78, 5) is 8.56. The molecule has 0 aromatic rings. The summed E-state index contributed by atoms with van der Waals surface area (Å²) in [5.74, 6) is 0. The summed E-state index contributed by atoms with van der Waals surface area (Å²) in [6.07, 6.45) is -1.83. The summed E-state index contributed by atoms with van der Waals surface area (Å²) in [5.41, 5.74) is 0. The number of hydrogen-bond donors (Lipinski definition) is 4. The molecule has 0 heterocycles. The van der Waals surface area contributed by atoms with E-state index in [9.17, 15) is 0 Å². The Morgan fingerprint density at radius 2 is 1.17 bits per heavy atom. The maximum absolute atomic E-state index is 8.80. The molecule has 4 N–H and O–H groups in total. The molecule has 1 radical (unpaired) electrons. The molecule has 12 heavy (non-hydrogen) atoms. The van der Waals surface area contributed by atoms with E-state index in [0.29, 0.717) is 0 Å². The Morgan fingerprint density at radius 1 is 1.17 bits per heavy atom. The Kier molecular flexibility index (Phi) is 35.2. The predicted octanol–water partition coefficient (Wildman–Crippen LogP) is -4.02. The van der Waals surface area contributed by atoms with Gasteiger partial charge in [-0.2, -0.15) is 0 Å². The van der Waals surface area contributed by atoms with Gasteiger partial charge >= 0.3 is 54.4 Å². The van der Waals surface area contributed by atoms with Gasteiger partial charge in [-0.05, 0) is 0 Å². The number of rotatable bonds is 0. The van der Waals surface area contributed by atoms with Gasteiger partial charge in [0.2, 0.25) is 0 Å². The molecule has 0 aromatic heterocycles. The first-order chi connectivity index (χ1) is 3.73. The van der Waals surface area contributed by atoms with E-state index in [1.807, 2.05) is 0 Å². The van der Waals surface area contributed by atoms with Crippen LogP contribution >= 0.6 is 0 Å². The Balaban J connectivity index is -0.0000000146. The second-order valence-corrected chi connectivity index (χ2v) is 1.99. The van der Waals surface area contributed by atoms with Crippen molar-refractivity contribution in [1.29, 1.82) is 0 Å². The fourth-order valence-corrected chi connectivity index (χ4v) is 0. The Hall–Kier alpha value is 0.907. The molecule has 0 unspecified atom stereocenters. The number of hydrogen-bond acceptors (Lipinski definition) is 3. The van der Waals surface area contributed by atoms with Gasteiger partial charge in [0.05, 0.1) is 0 Å². The normalized spacial score (nSPS) is 6.83. The van der Waals surface area contributed by atoms with Crippen LogP contribution < -0.4 is 18.9 Å². The van der Waals surface area contributed by atoms with Gasteiger partial charge in [0.15, 0.2) is 0 Å². The van der Waals surface area contributed by atoms with Crippen LogP contribution in [0.3, 0.4) is 0 Å². The van der Waals surface area contributed by atoms with Crippen LogP contribution in [0.15, 0.2) is 0 Å². The molecular weight excluding hydrogens is 304 g/mol. The molecular formula is CH5CoLiMnNiO7. The Morgan fingerprint density at radius 3 is 1.17 bits per heavy atom. The molecule has 0 rings (SSSR count). The molecule has 0 aliphatic rings. The fraction of sp³-hybridized carbons (Fsp3) is 0. The molecule has 0 spiro atoms. The molecule has 0 bridgehead atoms. The second kappa shape index (κ2) is 14.4. The molecule has 0 aliphatic heterocycles. The van der Waals surface area contributed by atoms with Gasteiger partial charge in [0.25, 0.3) is 0 Å². The van der Waals surface area contributed by atoms with Crippen LogP contribution in [0, 0.1) is 0 Å². The zero-order valence-electron chi connectivity index (χ0n) is 6.54. The van der Waals surface area contributed by atoms with Crippen LogP contribution in [0.4, 0.5) is 4.79 Å². The van der Waals surface area contributed by atoms with E-state index in [0.717, 1.165) is 0 Å². The van der Waals surface area contributed by atoms with Crippen LogP contribution in [-0.2, 0) is 54.3 Å². The minimum atomic E-state index is -5.12. The molecule has 0 saturated heterocycles. The topological polar surface area (TPSA) is 132 Å². The number of carbonyl (C=O) groups is 1. The van der Waals surface area contributed by atoms with Crippen molar-refractivity contribution in [3.8, 4) is 0 Å². The third-order valence-corrected chi connectivity index (χ3v) is 0. The van der Waals surface area contributed by atoms with Crippen molar-refractivity contribution in [1.82, 2.24) is 0 Å². The van der Waals surface area contributed by atoms with E-state index >= 15 is 0 Å². The summed E-state index contributed by atoms with van der Waals surface area (Å²) in [6, 6.07) is 0. The Bertz CT molecular complexity index is 171. The van der Waals surface area contributed by atoms with Crippen LogP contribution in [0.25, 0.3) is 0 Å². The zero-order chi connectivity index (χ0) is 8.08. The van der Waals surface area contributed by atoms with Crippen LogP contribution in [0.1, 0.15) is 1.43 Å². The van der Waals surface area contributed by atoms with Crippen molar-refractivity contribution >= 4 is 6.16 Å². The first-order valence-electron chi connectivity index (χ1n) is 1.30. The SMILES string of the molecule is O=C(O)O.[Co].[H-].[Li+].[Ni].[O]=[Mn](=[O])([OH])[OH]. The van der Waals surface area contributed by atoms with E-state index in [1.54, 1.807) is 0 Å². The van der Waals surface area contributed by atoms with Crippen molar-refractivity contribution in [3.05, 3.63) is 0 Å². The number of carboxylic acid groups (broad SMARTS) is 2. The second-order valence-electron chi connectivity index (χ2n) is 0.697. The van der Waals surface area contributed by atoms with Crippen molar-refractivity contribution in [2.45, 2.75) is 0 Å². The van der Waals surface area contributed by atoms with Crippen LogP contribution in [0.2, 0.25) is 0 Å². The van der Waals surface area contributed by atoms with E-state index < -0.39 is 19.5 Å². The maximum atomic E-state index is 8.80. The summed E-state index contributed by atoms with van der Waals surface area (Å²) < 4.78 is 31.8. The average Bonchev–Trinajstić information content (AvgIpc) is 1.19. The molecule has 0 aromatic carbocycles. The molecule has 78 valence electrons. The van der Waals surface area contributed by atoms with Gasteiger partial charge in [-0.15, -0.1) is 0 Å². The van der Waals surface area contributed by atoms with Crippen LogP contribution in [0.5, 0.6) is 0 Å². The molecule has 0 atom stereocenters.